The van der Waals surface area contributed by atoms with Gasteiger partial charge in [-0.1, -0.05) is 179 Å². The smallest absolute Gasteiger partial charge is 0.393 e. The minimum atomic E-state index is -4.40. The van der Waals surface area contributed by atoms with Crippen LogP contribution in [0, 0.1) is 0 Å². The Hall–Kier alpha value is -1.32. The third-order valence-corrected chi connectivity index (χ3v) is 10.5. The van der Waals surface area contributed by atoms with Crippen molar-refractivity contribution in [2.24, 2.45) is 5.73 Å². The van der Waals surface area contributed by atoms with Crippen molar-refractivity contribution >= 4 is 13.7 Å². The third kappa shape index (κ3) is 37.4. The number of unbranched alkanes of at least 4 members (excludes halogenated alkanes) is 22. The summed E-state index contributed by atoms with van der Waals surface area (Å²) in [6.45, 7) is 3.86. The Morgan fingerprint density at radius 1 is 0.679 bits per heavy atom. The summed E-state index contributed by atoms with van der Waals surface area (Å²) < 4.78 is 22.0. The third-order valence-electron chi connectivity index (χ3n) is 9.53. The summed E-state index contributed by atoms with van der Waals surface area (Å²) >= 11 is 0. The Bertz CT molecular complexity index is 946. The average molecular weight is 771 g/mol. The van der Waals surface area contributed by atoms with Crippen LogP contribution in [0.25, 0.3) is 0 Å². The topological polar surface area (TPSA) is 151 Å². The minimum absolute atomic E-state index is 0.0488. The zero-order valence-electron chi connectivity index (χ0n) is 34.1. The second-order valence-electron chi connectivity index (χ2n) is 14.7. The summed E-state index contributed by atoms with van der Waals surface area (Å²) in [7, 11) is -4.40. The molecular formula is C43H83N2O7P. The molecule has 0 aliphatic rings. The van der Waals surface area contributed by atoms with Crippen LogP contribution in [0.4, 0.5) is 0 Å². The fourth-order valence-corrected chi connectivity index (χ4v) is 7.03. The second-order valence-corrected chi connectivity index (χ2v) is 16.2. The van der Waals surface area contributed by atoms with E-state index in [0.717, 1.165) is 51.4 Å². The number of phosphoric acid groups is 1. The molecule has 0 aliphatic carbocycles. The van der Waals surface area contributed by atoms with Crippen LogP contribution in [0.15, 0.2) is 36.5 Å². The molecule has 0 spiro atoms. The molecule has 53 heavy (non-hydrogen) atoms. The van der Waals surface area contributed by atoms with Gasteiger partial charge in [-0.15, -0.1) is 0 Å². The molecule has 0 bridgehead atoms. The van der Waals surface area contributed by atoms with Crippen LogP contribution < -0.4 is 11.1 Å². The predicted octanol–water partition coefficient (Wildman–Crippen LogP) is 10.9. The Morgan fingerprint density at radius 2 is 1.17 bits per heavy atom. The molecule has 0 fully saturated rings. The van der Waals surface area contributed by atoms with E-state index in [1.54, 1.807) is 6.08 Å². The first kappa shape index (κ1) is 51.7. The van der Waals surface area contributed by atoms with Crippen LogP contribution in [0.2, 0.25) is 0 Å². The van der Waals surface area contributed by atoms with Gasteiger partial charge in [0.25, 0.3) is 0 Å². The van der Waals surface area contributed by atoms with Gasteiger partial charge < -0.3 is 26.2 Å². The summed E-state index contributed by atoms with van der Waals surface area (Å²) in [5.74, 6) is -0.448. The van der Waals surface area contributed by atoms with Crippen molar-refractivity contribution < 1.29 is 33.5 Å². The lowest BCUT2D eigenvalue weighted by molar-refractivity contribution is -0.124. The van der Waals surface area contributed by atoms with Gasteiger partial charge in [-0.25, -0.2) is 4.57 Å². The van der Waals surface area contributed by atoms with Crippen LogP contribution in [0.1, 0.15) is 194 Å². The number of hydrogen-bond acceptors (Lipinski definition) is 7. The van der Waals surface area contributed by atoms with Gasteiger partial charge in [0.1, 0.15) is 0 Å². The predicted molar refractivity (Wildman–Crippen MR) is 223 cm³/mol. The molecule has 9 nitrogen and oxygen atoms in total. The maximum atomic E-state index is 12.8. The van der Waals surface area contributed by atoms with E-state index in [4.69, 9.17) is 14.8 Å². The maximum Gasteiger partial charge on any atom is 0.472 e. The van der Waals surface area contributed by atoms with Crippen molar-refractivity contribution in [3.8, 4) is 0 Å². The van der Waals surface area contributed by atoms with Gasteiger partial charge in [0.15, 0.2) is 0 Å². The van der Waals surface area contributed by atoms with Gasteiger partial charge >= 0.3 is 7.82 Å². The summed E-state index contributed by atoms with van der Waals surface area (Å²) in [4.78, 5) is 22.7. The van der Waals surface area contributed by atoms with E-state index < -0.39 is 38.6 Å². The van der Waals surface area contributed by atoms with E-state index in [0.29, 0.717) is 6.42 Å². The molecule has 0 saturated heterocycles. The highest BCUT2D eigenvalue weighted by Crippen LogP contribution is 2.43. The molecule has 0 aliphatic heterocycles. The van der Waals surface area contributed by atoms with E-state index in [2.05, 4.69) is 43.5 Å². The summed E-state index contributed by atoms with van der Waals surface area (Å²) in [6.07, 6.45) is 42.3. The molecule has 4 atom stereocenters. The van der Waals surface area contributed by atoms with Gasteiger partial charge in [-0.3, -0.25) is 13.8 Å². The minimum Gasteiger partial charge on any atom is -0.393 e. The van der Waals surface area contributed by atoms with Crippen LogP contribution >= 0.6 is 7.82 Å². The number of aliphatic hydroxyl groups is 2. The average Bonchev–Trinajstić information content (AvgIpc) is 3.13. The SMILES string of the molecule is CC/C=C\C/C=C\CCCCCCCCCCCCCCC(O)CC(=O)NC(COP(=O)(O)OCCN)C(O)/C=C/CCCCCCCCCCCC. The molecule has 1 amide bonds. The monoisotopic (exact) mass is 771 g/mol. The molecule has 312 valence electrons. The molecule has 0 saturated carbocycles. The van der Waals surface area contributed by atoms with Gasteiger partial charge in [0.2, 0.25) is 5.91 Å². The maximum absolute atomic E-state index is 12.8. The van der Waals surface area contributed by atoms with Crippen LogP contribution in [-0.4, -0.2) is 59.0 Å². The summed E-state index contributed by atoms with van der Waals surface area (Å²) in [6, 6.07) is -0.981. The van der Waals surface area contributed by atoms with Crippen molar-refractivity contribution in [3.05, 3.63) is 36.5 Å². The Balaban J connectivity index is 4.24. The number of rotatable bonds is 40. The highest BCUT2D eigenvalue weighted by atomic mass is 31.2. The number of phosphoric ester groups is 1. The van der Waals surface area contributed by atoms with Crippen LogP contribution in [-0.2, 0) is 18.4 Å². The first-order valence-corrected chi connectivity index (χ1v) is 23.2. The van der Waals surface area contributed by atoms with Crippen molar-refractivity contribution in [1.29, 1.82) is 0 Å². The van der Waals surface area contributed by atoms with E-state index in [1.807, 2.05) is 6.08 Å². The number of amides is 1. The standard InChI is InChI=1S/C43H83N2O7P/c1-3-5-7-9-11-13-15-17-18-19-20-21-22-23-24-26-28-30-32-34-40(46)38-43(48)45-41(39-52-53(49,50)51-37-36-44)42(47)35-33-31-29-27-25-16-14-12-10-8-6-4-2/h5,7,11,13,33,35,40-42,46-47H,3-4,6,8-10,12,14-32,34,36-39,44H2,1-2H3,(H,45,48)(H,49,50)/b7-5-,13-11-,35-33+. The molecule has 4 unspecified atom stereocenters. The fraction of sp³-hybridized carbons (Fsp3) is 0.837. The highest BCUT2D eigenvalue weighted by molar-refractivity contribution is 7.47. The Morgan fingerprint density at radius 3 is 1.70 bits per heavy atom. The number of carbonyl (C=O) groups excluding carboxylic acids is 1. The summed E-state index contributed by atoms with van der Waals surface area (Å²) in [5.41, 5.74) is 5.36. The van der Waals surface area contributed by atoms with Crippen LogP contribution in [0.3, 0.4) is 0 Å². The van der Waals surface area contributed by atoms with Crippen LogP contribution in [0.5, 0.6) is 0 Å². The first-order chi connectivity index (χ1) is 25.8. The van der Waals surface area contributed by atoms with Gasteiger partial charge in [0, 0.05) is 6.54 Å². The fourth-order valence-electron chi connectivity index (χ4n) is 6.27. The molecule has 0 aromatic rings. The lowest BCUT2D eigenvalue weighted by Crippen LogP contribution is -2.46. The lowest BCUT2D eigenvalue weighted by Gasteiger charge is -2.24. The first-order valence-electron chi connectivity index (χ1n) is 21.7. The van der Waals surface area contributed by atoms with E-state index in [-0.39, 0.29) is 19.6 Å². The quantitative estimate of drug-likeness (QED) is 0.0235. The number of allylic oxidation sites excluding steroid dienone is 5. The van der Waals surface area contributed by atoms with Crippen molar-refractivity contribution in [1.82, 2.24) is 5.32 Å². The molecule has 0 rings (SSSR count). The molecule has 0 aromatic heterocycles. The number of carbonyl (C=O) groups is 1. The van der Waals surface area contributed by atoms with E-state index >= 15 is 0 Å². The second kappa shape index (κ2) is 38.9. The van der Waals surface area contributed by atoms with Crippen molar-refractivity contribution in [2.75, 3.05) is 19.8 Å². The molecule has 0 aromatic carbocycles. The number of nitrogens with one attached hydrogen (secondary N) is 1. The molecule has 0 radical (unpaired) electrons. The number of nitrogens with two attached hydrogens (primary N) is 1. The molecular weight excluding hydrogens is 687 g/mol. The zero-order chi connectivity index (χ0) is 39.1. The van der Waals surface area contributed by atoms with Gasteiger partial charge in [-0.2, -0.15) is 0 Å². The van der Waals surface area contributed by atoms with Crippen molar-refractivity contribution in [3.63, 3.8) is 0 Å². The summed E-state index contributed by atoms with van der Waals surface area (Å²) in [5, 5.41) is 24.0. The van der Waals surface area contributed by atoms with E-state index in [9.17, 15) is 24.5 Å². The highest BCUT2D eigenvalue weighted by Gasteiger charge is 2.27. The van der Waals surface area contributed by atoms with Gasteiger partial charge in [0.05, 0.1) is 37.9 Å². The molecule has 10 heteroatoms. The van der Waals surface area contributed by atoms with E-state index in [1.165, 1.54) is 116 Å². The molecule has 6 N–H and O–H groups in total. The normalized spacial score (nSPS) is 15.1. The Kier molecular flexibility index (Phi) is 38.0. The Labute approximate surface area is 325 Å². The van der Waals surface area contributed by atoms with Crippen molar-refractivity contribution in [2.45, 2.75) is 212 Å². The van der Waals surface area contributed by atoms with Gasteiger partial charge in [-0.05, 0) is 44.9 Å². The number of aliphatic hydroxyl groups excluding tert-OH is 2. The lowest BCUT2D eigenvalue weighted by atomic mass is 10.0. The largest absolute Gasteiger partial charge is 0.472 e. The number of hydrogen-bond donors (Lipinski definition) is 5. The zero-order valence-corrected chi connectivity index (χ0v) is 35.0. The molecule has 0 heterocycles.